The van der Waals surface area contributed by atoms with Crippen LogP contribution in [0.25, 0.3) is 0 Å². The Morgan fingerprint density at radius 3 is 2.53 bits per heavy atom. The minimum atomic E-state index is -1.15. The van der Waals surface area contributed by atoms with Crippen molar-refractivity contribution in [3.63, 3.8) is 0 Å². The Morgan fingerprint density at radius 2 is 1.89 bits per heavy atom. The summed E-state index contributed by atoms with van der Waals surface area (Å²) in [6.45, 7) is 0.356. The minimum absolute atomic E-state index is 0.0120. The molecule has 0 saturated carbocycles. The normalized spacial score (nSPS) is 10.2. The maximum absolute atomic E-state index is 13.6. The number of hydrogen-bond acceptors (Lipinski definition) is 2. The van der Waals surface area contributed by atoms with Gasteiger partial charge in [-0.3, -0.25) is 0 Å². The van der Waals surface area contributed by atoms with Crippen LogP contribution in [0.2, 0.25) is 0 Å². The molecule has 0 aliphatic carbocycles. The number of halogens is 2. The van der Waals surface area contributed by atoms with E-state index in [0.717, 1.165) is 10.0 Å². The molecule has 0 aliphatic rings. The Hall–Kier alpha value is -1.88. The monoisotopic (exact) mass is 323 g/mol. The first-order chi connectivity index (χ1) is 9.08. The van der Waals surface area contributed by atoms with Crippen molar-refractivity contribution in [3.05, 3.63) is 63.9 Å². The standard InChI is InChI=1S/C14H11BrFNO2/c15-10-6-4-9(5-7-10)8-17-13-11(14(18)19)2-1-3-12(13)16/h1-7,17H,8H2,(H,18,19). The fourth-order valence-corrected chi connectivity index (χ4v) is 1.94. The van der Waals surface area contributed by atoms with Gasteiger partial charge in [-0.2, -0.15) is 0 Å². The van der Waals surface area contributed by atoms with Gasteiger partial charge in [0.05, 0.1) is 11.3 Å². The molecule has 0 aromatic heterocycles. The van der Waals surface area contributed by atoms with Gasteiger partial charge in [-0.15, -0.1) is 0 Å². The van der Waals surface area contributed by atoms with Crippen LogP contribution in [0.3, 0.4) is 0 Å². The van der Waals surface area contributed by atoms with Gasteiger partial charge < -0.3 is 10.4 Å². The van der Waals surface area contributed by atoms with Crippen LogP contribution in [0.15, 0.2) is 46.9 Å². The average Bonchev–Trinajstić information content (AvgIpc) is 2.39. The Morgan fingerprint density at radius 1 is 1.21 bits per heavy atom. The zero-order valence-electron chi connectivity index (χ0n) is 9.86. The van der Waals surface area contributed by atoms with E-state index in [1.165, 1.54) is 18.2 Å². The Labute approximate surface area is 118 Å². The molecule has 0 spiro atoms. The second kappa shape index (κ2) is 5.84. The fourth-order valence-electron chi connectivity index (χ4n) is 1.67. The number of carboxylic acid groups (broad SMARTS) is 1. The van der Waals surface area contributed by atoms with Crippen molar-refractivity contribution in [2.24, 2.45) is 0 Å². The number of nitrogens with one attached hydrogen (secondary N) is 1. The third-order valence-corrected chi connectivity index (χ3v) is 3.16. The number of benzene rings is 2. The summed E-state index contributed by atoms with van der Waals surface area (Å²) in [4.78, 5) is 11.0. The van der Waals surface area contributed by atoms with Gasteiger partial charge in [-0.1, -0.05) is 34.1 Å². The van der Waals surface area contributed by atoms with Crippen LogP contribution < -0.4 is 5.32 Å². The van der Waals surface area contributed by atoms with Gasteiger partial charge in [0.2, 0.25) is 0 Å². The highest BCUT2D eigenvalue weighted by Crippen LogP contribution is 2.21. The number of para-hydroxylation sites is 1. The molecule has 0 unspecified atom stereocenters. The summed E-state index contributed by atoms with van der Waals surface area (Å²) in [5.41, 5.74) is 0.873. The molecule has 2 aromatic rings. The molecule has 2 aromatic carbocycles. The first-order valence-corrected chi connectivity index (χ1v) is 6.37. The Balaban J connectivity index is 2.19. The highest BCUT2D eigenvalue weighted by Gasteiger charge is 2.13. The quantitative estimate of drug-likeness (QED) is 0.897. The van der Waals surface area contributed by atoms with Crippen molar-refractivity contribution < 1.29 is 14.3 Å². The SMILES string of the molecule is O=C(O)c1cccc(F)c1NCc1ccc(Br)cc1. The van der Waals surface area contributed by atoms with E-state index >= 15 is 0 Å². The summed E-state index contributed by atoms with van der Waals surface area (Å²) in [5, 5.41) is 11.8. The number of carbonyl (C=O) groups is 1. The molecule has 5 heteroatoms. The smallest absolute Gasteiger partial charge is 0.337 e. The van der Waals surface area contributed by atoms with Gasteiger partial charge >= 0.3 is 5.97 Å². The predicted octanol–water partition coefficient (Wildman–Crippen LogP) is 3.90. The van der Waals surface area contributed by atoms with Gasteiger partial charge in [0.25, 0.3) is 0 Å². The average molecular weight is 324 g/mol. The number of rotatable bonds is 4. The summed E-state index contributed by atoms with van der Waals surface area (Å²) in [6.07, 6.45) is 0. The Kier molecular flexibility index (Phi) is 4.16. The lowest BCUT2D eigenvalue weighted by molar-refractivity contribution is 0.0697. The van der Waals surface area contributed by atoms with Gasteiger partial charge in [0.1, 0.15) is 5.82 Å². The highest BCUT2D eigenvalue weighted by atomic mass is 79.9. The molecule has 0 radical (unpaired) electrons. The largest absolute Gasteiger partial charge is 0.478 e. The molecule has 2 N–H and O–H groups in total. The summed E-state index contributed by atoms with van der Waals surface area (Å²) < 4.78 is 14.6. The van der Waals surface area contributed by atoms with E-state index in [9.17, 15) is 9.18 Å². The zero-order chi connectivity index (χ0) is 13.8. The zero-order valence-corrected chi connectivity index (χ0v) is 11.4. The lowest BCUT2D eigenvalue weighted by atomic mass is 10.1. The van der Waals surface area contributed by atoms with Crippen molar-refractivity contribution in [1.29, 1.82) is 0 Å². The van der Waals surface area contributed by atoms with Crippen LogP contribution >= 0.6 is 15.9 Å². The first-order valence-electron chi connectivity index (χ1n) is 5.58. The molecule has 2 rings (SSSR count). The van der Waals surface area contributed by atoms with Crippen molar-refractivity contribution in [2.75, 3.05) is 5.32 Å². The molecule has 0 amide bonds. The van der Waals surface area contributed by atoms with E-state index in [1.807, 2.05) is 24.3 Å². The van der Waals surface area contributed by atoms with Crippen LogP contribution in [0.4, 0.5) is 10.1 Å². The second-order valence-electron chi connectivity index (χ2n) is 3.95. The molecule has 0 saturated heterocycles. The third-order valence-electron chi connectivity index (χ3n) is 2.63. The van der Waals surface area contributed by atoms with Crippen molar-refractivity contribution in [1.82, 2.24) is 0 Å². The van der Waals surface area contributed by atoms with Crippen LogP contribution in [0.1, 0.15) is 15.9 Å². The molecule has 3 nitrogen and oxygen atoms in total. The topological polar surface area (TPSA) is 49.3 Å². The molecule has 98 valence electrons. The van der Waals surface area contributed by atoms with Gasteiger partial charge in [0.15, 0.2) is 0 Å². The molecule has 0 bridgehead atoms. The number of carboxylic acids is 1. The molecule has 0 atom stereocenters. The maximum Gasteiger partial charge on any atom is 0.337 e. The minimum Gasteiger partial charge on any atom is -0.478 e. The first kappa shape index (κ1) is 13.5. The molecule has 0 aliphatic heterocycles. The van der Waals surface area contributed by atoms with Crippen LogP contribution in [0, 0.1) is 5.82 Å². The molecular weight excluding hydrogens is 313 g/mol. The van der Waals surface area contributed by atoms with Crippen molar-refractivity contribution in [3.8, 4) is 0 Å². The van der Waals surface area contributed by atoms with Crippen LogP contribution in [-0.2, 0) is 6.54 Å². The predicted molar refractivity (Wildman–Crippen MR) is 74.8 cm³/mol. The lowest BCUT2D eigenvalue weighted by Crippen LogP contribution is -2.08. The van der Waals surface area contributed by atoms with E-state index < -0.39 is 11.8 Å². The van der Waals surface area contributed by atoms with Crippen LogP contribution in [0.5, 0.6) is 0 Å². The van der Waals surface area contributed by atoms with Crippen molar-refractivity contribution in [2.45, 2.75) is 6.54 Å². The van der Waals surface area contributed by atoms with E-state index in [1.54, 1.807) is 0 Å². The fraction of sp³-hybridized carbons (Fsp3) is 0.0714. The number of anilines is 1. The van der Waals surface area contributed by atoms with E-state index in [0.29, 0.717) is 6.54 Å². The summed E-state index contributed by atoms with van der Waals surface area (Å²) in [5.74, 6) is -1.73. The second-order valence-corrected chi connectivity index (χ2v) is 4.86. The highest BCUT2D eigenvalue weighted by molar-refractivity contribution is 9.10. The van der Waals surface area contributed by atoms with Crippen LogP contribution in [-0.4, -0.2) is 11.1 Å². The lowest BCUT2D eigenvalue weighted by Gasteiger charge is -2.10. The molecule has 19 heavy (non-hydrogen) atoms. The van der Waals surface area contributed by atoms with E-state index in [4.69, 9.17) is 5.11 Å². The maximum atomic E-state index is 13.6. The van der Waals surface area contributed by atoms with Crippen molar-refractivity contribution >= 4 is 27.6 Å². The summed E-state index contributed by atoms with van der Waals surface area (Å²) in [7, 11) is 0. The molecular formula is C14H11BrFNO2. The van der Waals surface area contributed by atoms with E-state index in [-0.39, 0.29) is 11.3 Å². The Bertz CT molecular complexity index is 599. The number of aromatic carboxylic acids is 1. The van der Waals surface area contributed by atoms with Gasteiger partial charge in [0, 0.05) is 11.0 Å². The van der Waals surface area contributed by atoms with E-state index in [2.05, 4.69) is 21.2 Å². The summed E-state index contributed by atoms with van der Waals surface area (Å²) >= 11 is 3.33. The molecule has 0 fully saturated rings. The molecule has 0 heterocycles. The number of hydrogen-bond donors (Lipinski definition) is 2. The van der Waals surface area contributed by atoms with Gasteiger partial charge in [-0.05, 0) is 29.8 Å². The summed E-state index contributed by atoms with van der Waals surface area (Å²) in [6, 6.07) is 11.5. The van der Waals surface area contributed by atoms with Gasteiger partial charge in [-0.25, -0.2) is 9.18 Å². The third kappa shape index (κ3) is 3.32.